The van der Waals surface area contributed by atoms with Crippen LogP contribution in [0.15, 0.2) is 24.3 Å². The highest BCUT2D eigenvalue weighted by Crippen LogP contribution is 2.36. The Labute approximate surface area is 114 Å². The van der Waals surface area contributed by atoms with Crippen LogP contribution in [0.25, 0.3) is 0 Å². The lowest BCUT2D eigenvalue weighted by atomic mass is 10.0. The fourth-order valence-corrected chi connectivity index (χ4v) is 2.02. The van der Waals surface area contributed by atoms with Gasteiger partial charge in [-0.05, 0) is 37.8 Å². The Bertz CT molecular complexity index is 481. The number of benzene rings is 1. The molecule has 1 aliphatic rings. The Morgan fingerprint density at radius 2 is 2.10 bits per heavy atom. The van der Waals surface area contributed by atoms with E-state index in [1.54, 1.807) is 6.92 Å². The number of alkyl halides is 3. The molecule has 110 valence electrons. The fraction of sp³-hybridized carbons (Fsp3) is 0.500. The molecule has 6 heteroatoms. The molecule has 0 aliphatic heterocycles. The summed E-state index contributed by atoms with van der Waals surface area (Å²) in [5.41, 5.74) is 0.178. The van der Waals surface area contributed by atoms with Crippen LogP contribution in [0, 0.1) is 5.92 Å². The maximum atomic E-state index is 12.3. The van der Waals surface area contributed by atoms with Crippen LogP contribution in [-0.2, 0) is 4.74 Å². The number of Topliss-reactive ketones (excluding diaryl/α,β-unsaturated/α-hetero) is 1. The molecule has 0 amide bonds. The minimum Gasteiger partial charge on any atom is -0.406 e. The average molecular weight is 288 g/mol. The van der Waals surface area contributed by atoms with E-state index in [2.05, 4.69) is 4.74 Å². The molecule has 1 aromatic rings. The van der Waals surface area contributed by atoms with E-state index in [0.29, 0.717) is 6.61 Å². The van der Waals surface area contributed by atoms with Crippen LogP contribution in [0.5, 0.6) is 5.75 Å². The van der Waals surface area contributed by atoms with Gasteiger partial charge >= 0.3 is 6.36 Å². The van der Waals surface area contributed by atoms with Gasteiger partial charge in [0.05, 0.1) is 0 Å². The third-order valence-corrected chi connectivity index (χ3v) is 3.01. The maximum absolute atomic E-state index is 12.3. The van der Waals surface area contributed by atoms with Gasteiger partial charge in [-0.2, -0.15) is 0 Å². The smallest absolute Gasteiger partial charge is 0.406 e. The third kappa shape index (κ3) is 3.96. The highest BCUT2D eigenvalue weighted by molar-refractivity contribution is 6.00. The number of rotatable bonds is 6. The van der Waals surface area contributed by atoms with Gasteiger partial charge in [-0.25, -0.2) is 0 Å². The molecule has 1 atom stereocenters. The standard InChI is InChI=1S/C14H15F3O3/c1-2-19-13(9-6-7-9)12(18)10-4-3-5-11(8-10)20-14(15,16)17/h3-5,8-9,13H,2,6-7H2,1H3. The van der Waals surface area contributed by atoms with Crippen LogP contribution in [0.2, 0.25) is 0 Å². The molecule has 0 spiro atoms. The summed E-state index contributed by atoms with van der Waals surface area (Å²) < 4.78 is 45.7. The van der Waals surface area contributed by atoms with Crippen molar-refractivity contribution in [3.05, 3.63) is 29.8 Å². The van der Waals surface area contributed by atoms with E-state index in [9.17, 15) is 18.0 Å². The van der Waals surface area contributed by atoms with Crippen molar-refractivity contribution in [2.75, 3.05) is 6.61 Å². The number of hydrogen-bond acceptors (Lipinski definition) is 3. The second kappa shape index (κ2) is 5.83. The molecule has 0 bridgehead atoms. The summed E-state index contributed by atoms with van der Waals surface area (Å²) in [6.07, 6.45) is -3.51. The number of carbonyl (C=O) groups is 1. The van der Waals surface area contributed by atoms with E-state index in [0.717, 1.165) is 25.0 Å². The van der Waals surface area contributed by atoms with Gasteiger partial charge in [0.15, 0.2) is 5.78 Å². The molecule has 1 fully saturated rings. The molecule has 1 aliphatic carbocycles. The van der Waals surface area contributed by atoms with Crippen molar-refractivity contribution in [1.82, 2.24) is 0 Å². The van der Waals surface area contributed by atoms with Crippen molar-refractivity contribution in [3.8, 4) is 5.75 Å². The van der Waals surface area contributed by atoms with Crippen LogP contribution in [0.3, 0.4) is 0 Å². The molecular weight excluding hydrogens is 273 g/mol. The summed E-state index contributed by atoms with van der Waals surface area (Å²) in [5, 5.41) is 0. The van der Waals surface area contributed by atoms with Crippen molar-refractivity contribution < 1.29 is 27.4 Å². The van der Waals surface area contributed by atoms with Crippen LogP contribution in [0.4, 0.5) is 13.2 Å². The second-order valence-corrected chi connectivity index (χ2v) is 4.65. The van der Waals surface area contributed by atoms with E-state index in [4.69, 9.17) is 4.74 Å². The van der Waals surface area contributed by atoms with Crippen LogP contribution < -0.4 is 4.74 Å². The summed E-state index contributed by atoms with van der Waals surface area (Å²) in [5.74, 6) is -0.508. The largest absolute Gasteiger partial charge is 0.573 e. The Morgan fingerprint density at radius 1 is 1.40 bits per heavy atom. The van der Waals surface area contributed by atoms with Crippen LogP contribution in [-0.4, -0.2) is 24.9 Å². The quantitative estimate of drug-likeness (QED) is 0.750. The second-order valence-electron chi connectivity index (χ2n) is 4.65. The van der Waals surface area contributed by atoms with E-state index in [1.807, 2.05) is 0 Å². The lowest BCUT2D eigenvalue weighted by Gasteiger charge is -2.16. The molecule has 0 aromatic heterocycles. The van der Waals surface area contributed by atoms with Crippen molar-refractivity contribution >= 4 is 5.78 Å². The van der Waals surface area contributed by atoms with Crippen molar-refractivity contribution in [1.29, 1.82) is 0 Å². The van der Waals surface area contributed by atoms with Crippen molar-refractivity contribution in [2.45, 2.75) is 32.2 Å². The summed E-state index contributed by atoms with van der Waals surface area (Å²) in [6, 6.07) is 5.10. The highest BCUT2D eigenvalue weighted by atomic mass is 19.4. The molecule has 20 heavy (non-hydrogen) atoms. The lowest BCUT2D eigenvalue weighted by molar-refractivity contribution is -0.274. The molecule has 0 radical (unpaired) electrons. The number of halogens is 3. The molecule has 1 saturated carbocycles. The van der Waals surface area contributed by atoms with E-state index in [1.165, 1.54) is 12.1 Å². The fourth-order valence-electron chi connectivity index (χ4n) is 2.02. The monoisotopic (exact) mass is 288 g/mol. The average Bonchev–Trinajstić information content (AvgIpc) is 3.17. The molecule has 0 N–H and O–H groups in total. The van der Waals surface area contributed by atoms with Crippen molar-refractivity contribution in [3.63, 3.8) is 0 Å². The SMILES string of the molecule is CCOC(C(=O)c1cccc(OC(F)(F)F)c1)C1CC1. The first-order valence-corrected chi connectivity index (χ1v) is 6.42. The zero-order valence-corrected chi connectivity index (χ0v) is 10.9. The van der Waals surface area contributed by atoms with E-state index < -0.39 is 18.2 Å². The van der Waals surface area contributed by atoms with E-state index in [-0.39, 0.29) is 17.3 Å². The topological polar surface area (TPSA) is 35.5 Å². The first-order valence-electron chi connectivity index (χ1n) is 6.42. The van der Waals surface area contributed by atoms with Gasteiger partial charge in [-0.1, -0.05) is 12.1 Å². The number of ketones is 1. The molecule has 0 saturated heterocycles. The predicted molar refractivity (Wildman–Crippen MR) is 65.6 cm³/mol. The summed E-state index contributed by atoms with van der Waals surface area (Å²) in [4.78, 5) is 12.3. The molecule has 1 unspecified atom stereocenters. The molecule has 3 nitrogen and oxygen atoms in total. The Morgan fingerprint density at radius 3 is 2.65 bits per heavy atom. The molecule has 2 rings (SSSR count). The molecular formula is C14H15F3O3. The third-order valence-electron chi connectivity index (χ3n) is 3.01. The Balaban J connectivity index is 2.14. The lowest BCUT2D eigenvalue weighted by Crippen LogP contribution is -2.27. The van der Waals surface area contributed by atoms with Crippen molar-refractivity contribution in [2.24, 2.45) is 5.92 Å². The number of carbonyl (C=O) groups excluding carboxylic acids is 1. The predicted octanol–water partition coefficient (Wildman–Crippen LogP) is 3.58. The Hall–Kier alpha value is -1.56. The van der Waals surface area contributed by atoms with E-state index >= 15 is 0 Å². The number of ether oxygens (including phenoxy) is 2. The van der Waals surface area contributed by atoms with Gasteiger partial charge in [-0.15, -0.1) is 13.2 Å². The highest BCUT2D eigenvalue weighted by Gasteiger charge is 2.37. The van der Waals surface area contributed by atoms with Gasteiger partial charge in [-0.3, -0.25) is 4.79 Å². The van der Waals surface area contributed by atoms with Gasteiger partial charge in [0.25, 0.3) is 0 Å². The van der Waals surface area contributed by atoms with Crippen LogP contribution >= 0.6 is 0 Å². The first kappa shape index (κ1) is 14.8. The normalized spacial score (nSPS) is 16.8. The maximum Gasteiger partial charge on any atom is 0.573 e. The summed E-state index contributed by atoms with van der Waals surface area (Å²) in [7, 11) is 0. The zero-order valence-electron chi connectivity index (χ0n) is 10.9. The van der Waals surface area contributed by atoms with Crippen LogP contribution in [0.1, 0.15) is 30.1 Å². The summed E-state index contributed by atoms with van der Waals surface area (Å²) >= 11 is 0. The molecule has 0 heterocycles. The first-order chi connectivity index (χ1) is 9.40. The minimum absolute atomic E-state index is 0.176. The Kier molecular flexibility index (Phi) is 4.32. The minimum atomic E-state index is -4.77. The van der Waals surface area contributed by atoms with Gasteiger partial charge < -0.3 is 9.47 Å². The molecule has 1 aromatic carbocycles. The van der Waals surface area contributed by atoms with Gasteiger partial charge in [0.2, 0.25) is 0 Å². The van der Waals surface area contributed by atoms with Gasteiger partial charge in [0, 0.05) is 12.2 Å². The van der Waals surface area contributed by atoms with Gasteiger partial charge in [0.1, 0.15) is 11.9 Å². The summed E-state index contributed by atoms with van der Waals surface area (Å²) in [6.45, 7) is 2.18. The zero-order chi connectivity index (χ0) is 14.8. The number of hydrogen-bond donors (Lipinski definition) is 0.